The molecule has 1 N–H and O–H groups in total. The lowest BCUT2D eigenvalue weighted by atomic mass is 10.1. The third-order valence-electron chi connectivity index (χ3n) is 3.28. The van der Waals surface area contributed by atoms with Crippen LogP contribution in [0.1, 0.15) is 31.4 Å². The van der Waals surface area contributed by atoms with Crippen LogP contribution in [0.25, 0.3) is 0 Å². The number of hydrogen-bond acceptors (Lipinski definition) is 3. The fourth-order valence-corrected chi connectivity index (χ4v) is 1.95. The third-order valence-corrected chi connectivity index (χ3v) is 3.28. The van der Waals surface area contributed by atoms with Gasteiger partial charge in [0.25, 0.3) is 0 Å². The maximum atomic E-state index is 5.75. The van der Waals surface area contributed by atoms with Crippen LogP contribution in [0, 0.1) is 5.92 Å². The fourth-order valence-electron chi connectivity index (χ4n) is 1.95. The van der Waals surface area contributed by atoms with Crippen LogP contribution in [0.2, 0.25) is 0 Å². The molecule has 3 nitrogen and oxygen atoms in total. The Kier molecular flexibility index (Phi) is 5.02. The molecule has 100 valence electrons. The Bertz CT molecular complexity index is 346. The first kappa shape index (κ1) is 13.4. The maximum Gasteiger partial charge on any atom is 0.119 e. The van der Waals surface area contributed by atoms with Gasteiger partial charge < -0.3 is 14.8 Å². The summed E-state index contributed by atoms with van der Waals surface area (Å²) < 4.78 is 11.2. The highest BCUT2D eigenvalue weighted by atomic mass is 16.5. The molecule has 1 atom stereocenters. The minimum Gasteiger partial charge on any atom is -0.494 e. The molecule has 0 aromatic heterocycles. The monoisotopic (exact) mass is 249 g/mol. The van der Waals surface area contributed by atoms with E-state index in [0.717, 1.165) is 24.9 Å². The van der Waals surface area contributed by atoms with Crippen LogP contribution in [0.4, 0.5) is 0 Å². The van der Waals surface area contributed by atoms with E-state index < -0.39 is 0 Å². The number of benzene rings is 1. The Balaban J connectivity index is 1.84. The lowest BCUT2D eigenvalue weighted by molar-refractivity contribution is 0.105. The van der Waals surface area contributed by atoms with Gasteiger partial charge in [0.15, 0.2) is 0 Å². The van der Waals surface area contributed by atoms with Crippen molar-refractivity contribution in [2.75, 3.05) is 26.9 Å². The normalized spacial score (nSPS) is 16.6. The fraction of sp³-hybridized carbons (Fsp3) is 0.600. The standard InChI is InChI=1S/C15H23NO2/c1-3-18-14-8-6-13(7-9-14)15(16-2)11-17-10-12-4-5-12/h6-9,12,15-16H,3-5,10-11H2,1-2H3. The Morgan fingerprint density at radius 3 is 2.56 bits per heavy atom. The summed E-state index contributed by atoms with van der Waals surface area (Å²) in [6.45, 7) is 4.35. The lowest BCUT2D eigenvalue weighted by Gasteiger charge is -2.17. The molecule has 0 spiro atoms. The molecule has 0 bridgehead atoms. The first-order chi connectivity index (χ1) is 8.83. The second-order valence-corrected chi connectivity index (χ2v) is 4.82. The highest BCUT2D eigenvalue weighted by molar-refractivity contribution is 5.29. The molecular formula is C15H23NO2. The molecule has 1 aliphatic rings. The van der Waals surface area contributed by atoms with E-state index in [1.807, 2.05) is 26.1 Å². The van der Waals surface area contributed by atoms with Gasteiger partial charge in [0.05, 0.1) is 19.3 Å². The molecule has 0 heterocycles. The second kappa shape index (κ2) is 6.76. The summed E-state index contributed by atoms with van der Waals surface area (Å²) in [6, 6.07) is 8.51. The SMILES string of the molecule is CCOc1ccc(C(COCC2CC2)NC)cc1. The first-order valence-corrected chi connectivity index (χ1v) is 6.81. The van der Waals surface area contributed by atoms with E-state index in [9.17, 15) is 0 Å². The van der Waals surface area contributed by atoms with Gasteiger partial charge in [-0.1, -0.05) is 12.1 Å². The minimum atomic E-state index is 0.263. The van der Waals surface area contributed by atoms with E-state index in [2.05, 4.69) is 17.4 Å². The van der Waals surface area contributed by atoms with Gasteiger partial charge in [-0.3, -0.25) is 0 Å². The molecule has 1 saturated carbocycles. The molecule has 1 unspecified atom stereocenters. The summed E-state index contributed by atoms with van der Waals surface area (Å²) in [5.41, 5.74) is 1.25. The summed E-state index contributed by atoms with van der Waals surface area (Å²) in [7, 11) is 1.97. The van der Waals surface area contributed by atoms with Gasteiger partial charge in [-0.2, -0.15) is 0 Å². The van der Waals surface area contributed by atoms with Crippen LogP contribution in [0.15, 0.2) is 24.3 Å². The zero-order valence-electron chi connectivity index (χ0n) is 11.3. The molecule has 0 radical (unpaired) electrons. The first-order valence-electron chi connectivity index (χ1n) is 6.81. The maximum absolute atomic E-state index is 5.75. The molecule has 1 fully saturated rings. The lowest BCUT2D eigenvalue weighted by Crippen LogP contribution is -2.22. The van der Waals surface area contributed by atoms with Crippen LogP contribution in [0.5, 0.6) is 5.75 Å². The third kappa shape index (κ3) is 4.00. The Labute approximate surface area is 109 Å². The number of nitrogens with one attached hydrogen (secondary N) is 1. The molecule has 0 saturated heterocycles. The van der Waals surface area contributed by atoms with Crippen LogP contribution in [0.3, 0.4) is 0 Å². The van der Waals surface area contributed by atoms with Gasteiger partial charge in [0.1, 0.15) is 5.75 Å². The van der Waals surface area contributed by atoms with E-state index >= 15 is 0 Å². The number of hydrogen-bond donors (Lipinski definition) is 1. The molecule has 18 heavy (non-hydrogen) atoms. The molecule has 2 rings (SSSR count). The van der Waals surface area contributed by atoms with Gasteiger partial charge in [-0.15, -0.1) is 0 Å². The van der Waals surface area contributed by atoms with Crippen molar-refractivity contribution in [1.29, 1.82) is 0 Å². The van der Waals surface area contributed by atoms with Gasteiger partial charge in [-0.25, -0.2) is 0 Å². The second-order valence-electron chi connectivity index (χ2n) is 4.82. The van der Waals surface area contributed by atoms with Crippen molar-refractivity contribution in [2.45, 2.75) is 25.8 Å². The number of rotatable bonds is 8. The Morgan fingerprint density at radius 2 is 2.00 bits per heavy atom. The van der Waals surface area contributed by atoms with Crippen LogP contribution >= 0.6 is 0 Å². The van der Waals surface area contributed by atoms with Crippen LogP contribution in [-0.2, 0) is 4.74 Å². The van der Waals surface area contributed by atoms with Crippen molar-refractivity contribution in [1.82, 2.24) is 5.32 Å². The van der Waals surface area contributed by atoms with Crippen molar-refractivity contribution < 1.29 is 9.47 Å². The van der Waals surface area contributed by atoms with Gasteiger partial charge in [0.2, 0.25) is 0 Å². The van der Waals surface area contributed by atoms with Crippen LogP contribution in [-0.4, -0.2) is 26.9 Å². The highest BCUT2D eigenvalue weighted by Crippen LogP contribution is 2.29. The minimum absolute atomic E-state index is 0.263. The number of likely N-dealkylation sites (N-methyl/N-ethyl adjacent to an activating group) is 1. The van der Waals surface area contributed by atoms with Crippen LogP contribution < -0.4 is 10.1 Å². The quantitative estimate of drug-likeness (QED) is 0.768. The molecular weight excluding hydrogens is 226 g/mol. The van der Waals surface area contributed by atoms with Crippen molar-refractivity contribution >= 4 is 0 Å². The average molecular weight is 249 g/mol. The van der Waals surface area contributed by atoms with Gasteiger partial charge in [-0.05, 0) is 50.4 Å². The molecule has 0 amide bonds. The van der Waals surface area contributed by atoms with E-state index in [-0.39, 0.29) is 6.04 Å². The predicted molar refractivity (Wildman–Crippen MR) is 73.0 cm³/mol. The molecule has 1 aromatic rings. The van der Waals surface area contributed by atoms with Crippen molar-refractivity contribution in [3.05, 3.63) is 29.8 Å². The van der Waals surface area contributed by atoms with Crippen molar-refractivity contribution in [3.63, 3.8) is 0 Å². The zero-order valence-corrected chi connectivity index (χ0v) is 11.3. The van der Waals surface area contributed by atoms with E-state index in [1.165, 1.54) is 18.4 Å². The zero-order chi connectivity index (χ0) is 12.8. The molecule has 1 aliphatic carbocycles. The summed E-state index contributed by atoms with van der Waals surface area (Å²) in [5, 5.41) is 3.30. The molecule has 1 aromatic carbocycles. The predicted octanol–water partition coefficient (Wildman–Crippen LogP) is 2.77. The van der Waals surface area contributed by atoms with E-state index in [0.29, 0.717) is 6.61 Å². The van der Waals surface area contributed by atoms with E-state index in [1.54, 1.807) is 0 Å². The molecule has 0 aliphatic heterocycles. The van der Waals surface area contributed by atoms with E-state index in [4.69, 9.17) is 9.47 Å². The Hall–Kier alpha value is -1.06. The van der Waals surface area contributed by atoms with Crippen molar-refractivity contribution in [3.8, 4) is 5.75 Å². The topological polar surface area (TPSA) is 30.5 Å². The summed E-state index contributed by atoms with van der Waals surface area (Å²) in [5.74, 6) is 1.75. The average Bonchev–Trinajstić information content (AvgIpc) is 3.20. The highest BCUT2D eigenvalue weighted by Gasteiger charge is 2.21. The molecule has 3 heteroatoms. The smallest absolute Gasteiger partial charge is 0.119 e. The van der Waals surface area contributed by atoms with Crippen molar-refractivity contribution in [2.24, 2.45) is 5.92 Å². The largest absolute Gasteiger partial charge is 0.494 e. The Morgan fingerprint density at radius 1 is 1.28 bits per heavy atom. The van der Waals surface area contributed by atoms with Gasteiger partial charge >= 0.3 is 0 Å². The number of ether oxygens (including phenoxy) is 2. The summed E-state index contributed by atoms with van der Waals surface area (Å²) >= 11 is 0. The summed E-state index contributed by atoms with van der Waals surface area (Å²) in [4.78, 5) is 0. The van der Waals surface area contributed by atoms with Gasteiger partial charge in [0, 0.05) is 6.61 Å². The summed E-state index contributed by atoms with van der Waals surface area (Å²) in [6.07, 6.45) is 2.68.